The topological polar surface area (TPSA) is 118 Å². The van der Waals surface area contributed by atoms with E-state index in [1.807, 2.05) is 0 Å². The van der Waals surface area contributed by atoms with Crippen molar-refractivity contribution in [1.82, 2.24) is 4.98 Å². The number of aromatic nitrogens is 1. The number of hydrogen-bond acceptors (Lipinski definition) is 7. The van der Waals surface area contributed by atoms with Gasteiger partial charge in [0.1, 0.15) is 0 Å². The zero-order chi connectivity index (χ0) is 22.7. The minimum Gasteiger partial charge on any atom is -0.436 e. The molecule has 4 rings (SSSR count). The molecule has 166 valence electrons. The van der Waals surface area contributed by atoms with Gasteiger partial charge in [0, 0.05) is 40.9 Å². The summed E-state index contributed by atoms with van der Waals surface area (Å²) in [5, 5.41) is 4.91. The summed E-state index contributed by atoms with van der Waals surface area (Å²) < 4.78 is 32.5. The third-order valence-corrected chi connectivity index (χ3v) is 7.00. The van der Waals surface area contributed by atoms with E-state index in [2.05, 4.69) is 15.0 Å². The molecule has 1 aliphatic rings. The van der Waals surface area contributed by atoms with Gasteiger partial charge in [0.25, 0.3) is 15.9 Å². The van der Waals surface area contributed by atoms with Gasteiger partial charge in [0.2, 0.25) is 0 Å². The molecule has 9 nitrogen and oxygen atoms in total. The molecule has 3 aromatic rings. The molecule has 2 amide bonds. The van der Waals surface area contributed by atoms with Crippen molar-refractivity contribution in [2.24, 2.45) is 0 Å². The van der Waals surface area contributed by atoms with E-state index in [1.54, 1.807) is 29.6 Å². The van der Waals surface area contributed by atoms with Crippen LogP contribution in [-0.4, -0.2) is 38.1 Å². The van der Waals surface area contributed by atoms with E-state index in [4.69, 9.17) is 16.3 Å². The molecule has 0 radical (unpaired) electrons. The van der Waals surface area contributed by atoms with Crippen molar-refractivity contribution >= 4 is 61.5 Å². The molecule has 2 aromatic carbocycles. The number of amides is 2. The van der Waals surface area contributed by atoms with Crippen LogP contribution in [0.5, 0.6) is 0 Å². The molecule has 1 saturated heterocycles. The van der Waals surface area contributed by atoms with Gasteiger partial charge in [-0.15, -0.1) is 11.3 Å². The summed E-state index contributed by atoms with van der Waals surface area (Å²) in [4.78, 5) is 30.2. The Bertz CT molecular complexity index is 1230. The maximum atomic E-state index is 12.7. The van der Waals surface area contributed by atoms with Crippen molar-refractivity contribution in [3.8, 4) is 0 Å². The molecule has 1 fully saturated rings. The fraction of sp³-hybridized carbons (Fsp3) is 0.150. The predicted octanol–water partition coefficient (Wildman–Crippen LogP) is 3.95. The first-order valence-corrected chi connectivity index (χ1v) is 12.1. The van der Waals surface area contributed by atoms with Gasteiger partial charge in [0.15, 0.2) is 11.2 Å². The van der Waals surface area contributed by atoms with Crippen molar-refractivity contribution < 1.29 is 22.7 Å². The monoisotopic (exact) mass is 492 g/mol. The molecule has 32 heavy (non-hydrogen) atoms. The molecule has 0 unspecified atom stereocenters. The molecule has 1 atom stereocenters. The molecular formula is C20H17ClN4O5S2. The van der Waals surface area contributed by atoms with Crippen molar-refractivity contribution in [3.63, 3.8) is 0 Å². The van der Waals surface area contributed by atoms with E-state index >= 15 is 0 Å². The van der Waals surface area contributed by atoms with E-state index in [0.29, 0.717) is 29.4 Å². The summed E-state index contributed by atoms with van der Waals surface area (Å²) in [6.07, 6.45) is 0.109. The number of carbonyl (C=O) groups is 2. The van der Waals surface area contributed by atoms with Crippen LogP contribution in [0, 0.1) is 0 Å². The zero-order valence-corrected chi connectivity index (χ0v) is 18.8. The largest absolute Gasteiger partial charge is 0.436 e. The molecular weight excluding hydrogens is 476 g/mol. The highest BCUT2D eigenvalue weighted by Gasteiger charge is 2.35. The van der Waals surface area contributed by atoms with Crippen molar-refractivity contribution in [2.45, 2.75) is 17.4 Å². The van der Waals surface area contributed by atoms with E-state index < -0.39 is 22.2 Å². The second-order valence-corrected chi connectivity index (χ2v) is 9.76. The Hall–Kier alpha value is -3.15. The third-order valence-electron chi connectivity index (χ3n) is 4.59. The van der Waals surface area contributed by atoms with Crippen molar-refractivity contribution in [3.05, 3.63) is 65.1 Å². The number of sulfonamides is 1. The lowest BCUT2D eigenvalue weighted by Crippen LogP contribution is -2.33. The fourth-order valence-electron chi connectivity index (χ4n) is 3.12. The van der Waals surface area contributed by atoms with Crippen LogP contribution in [0.1, 0.15) is 6.42 Å². The second-order valence-electron chi connectivity index (χ2n) is 6.74. The summed E-state index contributed by atoms with van der Waals surface area (Å²) in [5.41, 5.74) is 0.956. The summed E-state index contributed by atoms with van der Waals surface area (Å²) in [5.74, 6) is -0.386. The van der Waals surface area contributed by atoms with Gasteiger partial charge in [-0.2, -0.15) is 0 Å². The average molecular weight is 493 g/mol. The Morgan fingerprint density at radius 1 is 1.22 bits per heavy atom. The number of ether oxygens (including phenoxy) is 1. The Labute approximate surface area is 193 Å². The smallest absolute Gasteiger partial charge is 0.412 e. The van der Waals surface area contributed by atoms with Crippen LogP contribution < -0.4 is 14.9 Å². The number of nitrogens with zero attached hydrogens (tertiary/aromatic N) is 2. The minimum atomic E-state index is -3.79. The number of nitrogens with one attached hydrogen (secondary N) is 2. The molecule has 0 bridgehead atoms. The highest BCUT2D eigenvalue weighted by atomic mass is 35.5. The maximum absolute atomic E-state index is 12.7. The van der Waals surface area contributed by atoms with Gasteiger partial charge in [-0.05, 0) is 42.5 Å². The first-order valence-electron chi connectivity index (χ1n) is 9.39. The molecule has 1 aromatic heterocycles. The van der Waals surface area contributed by atoms with Crippen LogP contribution in [0.3, 0.4) is 0 Å². The molecule has 0 aliphatic carbocycles. The lowest BCUT2D eigenvalue weighted by Gasteiger charge is -2.17. The number of carbonyl (C=O) groups excluding carboxylic acids is 2. The summed E-state index contributed by atoms with van der Waals surface area (Å²) >= 11 is 7.05. The van der Waals surface area contributed by atoms with Crippen LogP contribution in [0.4, 0.5) is 21.3 Å². The molecule has 1 aliphatic heterocycles. The van der Waals surface area contributed by atoms with Gasteiger partial charge in [-0.3, -0.25) is 14.8 Å². The van der Waals surface area contributed by atoms with Crippen LogP contribution in [0.25, 0.3) is 0 Å². The third kappa shape index (κ3) is 5.01. The van der Waals surface area contributed by atoms with E-state index in [1.165, 1.54) is 46.7 Å². The van der Waals surface area contributed by atoms with Gasteiger partial charge < -0.3 is 9.64 Å². The maximum Gasteiger partial charge on any atom is 0.412 e. The lowest BCUT2D eigenvalue weighted by atomic mass is 10.3. The summed E-state index contributed by atoms with van der Waals surface area (Å²) in [6.45, 7) is 0.331. The van der Waals surface area contributed by atoms with E-state index in [9.17, 15) is 18.0 Å². The Balaban J connectivity index is 1.38. The number of anilines is 3. The summed E-state index contributed by atoms with van der Waals surface area (Å²) in [6, 6.07) is 12.4. The number of hydrogen-bond donors (Lipinski definition) is 2. The van der Waals surface area contributed by atoms with Crippen LogP contribution >= 0.6 is 22.9 Å². The molecule has 2 heterocycles. The van der Waals surface area contributed by atoms with Gasteiger partial charge >= 0.3 is 6.09 Å². The van der Waals surface area contributed by atoms with Crippen LogP contribution in [-0.2, 0) is 19.6 Å². The SMILES string of the molecule is O=C(Nc1cccc(Cl)c1)O[C@H]1CCN(c2ccc(S(=O)(=O)Nc3nccs3)cc2)C1=O. The van der Waals surface area contributed by atoms with Crippen molar-refractivity contribution in [1.29, 1.82) is 0 Å². The minimum absolute atomic E-state index is 0.0387. The molecule has 0 saturated carbocycles. The quantitative estimate of drug-likeness (QED) is 0.538. The normalized spacial score (nSPS) is 16.1. The first kappa shape index (κ1) is 22.1. The lowest BCUT2D eigenvalue weighted by molar-refractivity contribution is -0.124. The second kappa shape index (κ2) is 9.15. The van der Waals surface area contributed by atoms with Crippen molar-refractivity contribution in [2.75, 3.05) is 21.5 Å². The van der Waals surface area contributed by atoms with Gasteiger partial charge in [-0.25, -0.2) is 18.2 Å². The molecule has 0 spiro atoms. The van der Waals surface area contributed by atoms with Gasteiger partial charge in [0.05, 0.1) is 4.90 Å². The standard InChI is InChI=1S/C20H17ClN4O5S2/c21-13-2-1-3-14(12-13)23-20(27)30-17-8-10-25(18(17)26)15-4-6-16(7-5-15)32(28,29)24-19-22-9-11-31-19/h1-7,9,11-12,17H,8,10H2,(H,22,24)(H,23,27)/t17-/m0/s1. The Kier molecular flexibility index (Phi) is 6.31. The fourth-order valence-corrected chi connectivity index (χ4v) is 5.09. The van der Waals surface area contributed by atoms with Gasteiger partial charge in [-0.1, -0.05) is 17.7 Å². The van der Waals surface area contributed by atoms with Crippen LogP contribution in [0.15, 0.2) is 65.0 Å². The number of halogens is 1. The number of thiazole rings is 1. The summed E-state index contributed by atoms with van der Waals surface area (Å²) in [7, 11) is -3.79. The zero-order valence-electron chi connectivity index (χ0n) is 16.4. The number of benzene rings is 2. The Morgan fingerprint density at radius 2 is 2.00 bits per heavy atom. The first-order chi connectivity index (χ1) is 15.3. The highest BCUT2D eigenvalue weighted by Crippen LogP contribution is 2.26. The number of rotatable bonds is 6. The Morgan fingerprint density at radius 3 is 2.69 bits per heavy atom. The molecule has 2 N–H and O–H groups in total. The predicted molar refractivity (Wildman–Crippen MR) is 122 cm³/mol. The van der Waals surface area contributed by atoms with Crippen LogP contribution in [0.2, 0.25) is 5.02 Å². The van der Waals surface area contributed by atoms with E-state index in [0.717, 1.165) is 0 Å². The molecule has 12 heteroatoms. The average Bonchev–Trinajstić information content (AvgIpc) is 3.38. The van der Waals surface area contributed by atoms with E-state index in [-0.39, 0.29) is 15.9 Å². The highest BCUT2D eigenvalue weighted by molar-refractivity contribution is 7.93.